The lowest BCUT2D eigenvalue weighted by Gasteiger charge is -2.26. The highest BCUT2D eigenvalue weighted by Gasteiger charge is 2.35. The van der Waals surface area contributed by atoms with Crippen LogP contribution >= 0.6 is 11.3 Å². The number of rotatable bonds is 7. The van der Waals surface area contributed by atoms with Gasteiger partial charge in [-0.2, -0.15) is 0 Å². The lowest BCUT2D eigenvalue weighted by atomic mass is 9.82. The van der Waals surface area contributed by atoms with Crippen molar-refractivity contribution >= 4 is 23.2 Å². The molecule has 7 heteroatoms. The Bertz CT molecular complexity index is 455. The van der Waals surface area contributed by atoms with Crippen molar-refractivity contribution in [3.05, 3.63) is 16.1 Å². The van der Waals surface area contributed by atoms with E-state index in [1.165, 1.54) is 11.3 Å². The van der Waals surface area contributed by atoms with Crippen LogP contribution < -0.4 is 11.1 Å². The van der Waals surface area contributed by atoms with Crippen molar-refractivity contribution < 1.29 is 14.7 Å². The van der Waals surface area contributed by atoms with Gasteiger partial charge in [0.05, 0.1) is 5.41 Å². The number of amides is 1. The third-order valence-electron chi connectivity index (χ3n) is 3.35. The molecule has 0 radical (unpaired) electrons. The number of thiazole rings is 1. The minimum Gasteiger partial charge on any atom is -0.481 e. The van der Waals surface area contributed by atoms with E-state index in [-0.39, 0.29) is 18.1 Å². The van der Waals surface area contributed by atoms with Crippen LogP contribution in [0.25, 0.3) is 0 Å². The van der Waals surface area contributed by atoms with Gasteiger partial charge in [-0.15, -0.1) is 11.3 Å². The van der Waals surface area contributed by atoms with Crippen molar-refractivity contribution in [3.63, 3.8) is 0 Å². The third kappa shape index (κ3) is 3.51. The molecule has 0 bridgehead atoms. The molecule has 0 aliphatic carbocycles. The van der Waals surface area contributed by atoms with Crippen molar-refractivity contribution in [3.8, 4) is 0 Å². The van der Waals surface area contributed by atoms with Crippen LogP contribution in [-0.2, 0) is 11.3 Å². The molecular weight excluding hydrogens is 266 g/mol. The van der Waals surface area contributed by atoms with Gasteiger partial charge in [0, 0.05) is 18.5 Å². The Balaban J connectivity index is 2.69. The van der Waals surface area contributed by atoms with Crippen LogP contribution in [0.15, 0.2) is 5.38 Å². The first-order chi connectivity index (χ1) is 8.99. The number of carboxylic acid groups (broad SMARTS) is 1. The Morgan fingerprint density at radius 2 is 2.11 bits per heavy atom. The molecule has 0 atom stereocenters. The fourth-order valence-electron chi connectivity index (χ4n) is 1.73. The Kier molecular flexibility index (Phi) is 5.44. The highest BCUT2D eigenvalue weighted by Crippen LogP contribution is 2.25. The summed E-state index contributed by atoms with van der Waals surface area (Å²) in [5.74, 6) is -1.25. The van der Waals surface area contributed by atoms with E-state index < -0.39 is 11.4 Å². The second-order valence-electron chi connectivity index (χ2n) is 4.31. The number of aromatic nitrogens is 1. The molecule has 0 fully saturated rings. The van der Waals surface area contributed by atoms with E-state index in [4.69, 9.17) is 5.73 Å². The molecule has 19 heavy (non-hydrogen) atoms. The molecule has 0 aliphatic heterocycles. The Morgan fingerprint density at radius 1 is 1.47 bits per heavy atom. The van der Waals surface area contributed by atoms with Gasteiger partial charge in [-0.05, 0) is 12.8 Å². The number of hydrogen-bond donors (Lipinski definition) is 3. The van der Waals surface area contributed by atoms with Crippen LogP contribution in [0.5, 0.6) is 0 Å². The van der Waals surface area contributed by atoms with E-state index in [2.05, 4.69) is 10.3 Å². The number of carbonyl (C=O) groups excluding carboxylic acids is 1. The first-order valence-corrected chi connectivity index (χ1v) is 7.03. The maximum Gasteiger partial charge on any atom is 0.311 e. The molecule has 1 rings (SSSR count). The smallest absolute Gasteiger partial charge is 0.311 e. The van der Waals surface area contributed by atoms with Crippen molar-refractivity contribution in [2.75, 3.05) is 6.54 Å². The maximum absolute atomic E-state index is 11.9. The molecule has 6 nitrogen and oxygen atoms in total. The lowest BCUT2D eigenvalue weighted by Crippen LogP contribution is -2.42. The molecule has 1 amide bonds. The zero-order chi connectivity index (χ0) is 14.5. The quantitative estimate of drug-likeness (QED) is 0.698. The average Bonchev–Trinajstić information content (AvgIpc) is 2.88. The first-order valence-electron chi connectivity index (χ1n) is 6.15. The molecule has 0 aromatic carbocycles. The molecule has 0 saturated heterocycles. The largest absolute Gasteiger partial charge is 0.481 e. The van der Waals surface area contributed by atoms with Gasteiger partial charge in [0.1, 0.15) is 10.7 Å². The summed E-state index contributed by atoms with van der Waals surface area (Å²) in [5.41, 5.74) is 4.80. The summed E-state index contributed by atoms with van der Waals surface area (Å²) in [6, 6.07) is 0. The predicted molar refractivity (Wildman–Crippen MR) is 73.0 cm³/mol. The normalized spacial score (nSPS) is 11.3. The maximum atomic E-state index is 11.9. The molecule has 0 saturated carbocycles. The van der Waals surface area contributed by atoms with E-state index in [0.717, 1.165) is 0 Å². The minimum atomic E-state index is -0.914. The second kappa shape index (κ2) is 6.63. The van der Waals surface area contributed by atoms with E-state index in [1.54, 1.807) is 19.2 Å². The molecule has 4 N–H and O–H groups in total. The minimum absolute atomic E-state index is 0.101. The Hall–Kier alpha value is -1.47. The Morgan fingerprint density at radius 3 is 2.53 bits per heavy atom. The molecule has 1 aromatic heterocycles. The van der Waals surface area contributed by atoms with E-state index in [0.29, 0.717) is 24.4 Å². The van der Waals surface area contributed by atoms with Crippen molar-refractivity contribution in [2.24, 2.45) is 11.1 Å². The number of nitrogens with zero attached hydrogens (tertiary/aromatic N) is 1. The molecule has 1 aromatic rings. The van der Waals surface area contributed by atoms with Gasteiger partial charge >= 0.3 is 5.97 Å². The zero-order valence-electron chi connectivity index (χ0n) is 11.1. The SMILES string of the molecule is CCC(CC)(CNC(=O)c1csc(CN)n1)C(=O)O. The van der Waals surface area contributed by atoms with Crippen molar-refractivity contribution in [1.29, 1.82) is 0 Å². The molecule has 1 heterocycles. The molecule has 0 aliphatic rings. The van der Waals surface area contributed by atoms with Crippen LogP contribution in [0.2, 0.25) is 0 Å². The first kappa shape index (κ1) is 15.6. The summed E-state index contributed by atoms with van der Waals surface area (Å²) in [6.45, 7) is 4.00. The average molecular weight is 285 g/mol. The van der Waals surface area contributed by atoms with Crippen LogP contribution in [0, 0.1) is 5.41 Å². The number of nitrogens with two attached hydrogens (primary N) is 1. The highest BCUT2D eigenvalue weighted by molar-refractivity contribution is 7.09. The van der Waals surface area contributed by atoms with Gasteiger partial charge in [-0.3, -0.25) is 9.59 Å². The van der Waals surface area contributed by atoms with E-state index >= 15 is 0 Å². The van der Waals surface area contributed by atoms with E-state index in [1.807, 2.05) is 0 Å². The summed E-state index contributed by atoms with van der Waals surface area (Å²) in [4.78, 5) is 27.2. The van der Waals surface area contributed by atoms with Crippen LogP contribution in [0.3, 0.4) is 0 Å². The number of carboxylic acids is 1. The topological polar surface area (TPSA) is 105 Å². The summed E-state index contributed by atoms with van der Waals surface area (Å²) in [7, 11) is 0. The molecule has 0 spiro atoms. The van der Waals surface area contributed by atoms with Gasteiger partial charge in [0.25, 0.3) is 5.91 Å². The number of nitrogens with one attached hydrogen (secondary N) is 1. The third-order valence-corrected chi connectivity index (χ3v) is 4.22. The second-order valence-corrected chi connectivity index (χ2v) is 5.25. The number of aliphatic carboxylic acids is 1. The number of hydrogen-bond acceptors (Lipinski definition) is 5. The van der Waals surface area contributed by atoms with Gasteiger partial charge in [-0.1, -0.05) is 13.8 Å². The Labute approximate surface area is 116 Å². The summed E-state index contributed by atoms with van der Waals surface area (Å²) in [5, 5.41) is 14.2. The van der Waals surface area contributed by atoms with E-state index in [9.17, 15) is 14.7 Å². The number of carbonyl (C=O) groups is 2. The van der Waals surface area contributed by atoms with Gasteiger partial charge in [0.15, 0.2) is 0 Å². The standard InChI is InChI=1S/C12H19N3O3S/c1-3-12(4-2,11(17)18)7-14-10(16)8-6-19-9(5-13)15-8/h6H,3-5,7,13H2,1-2H3,(H,14,16)(H,17,18). The van der Waals surface area contributed by atoms with Crippen LogP contribution in [-0.4, -0.2) is 28.5 Å². The predicted octanol–water partition coefficient (Wildman–Crippen LogP) is 1.22. The monoisotopic (exact) mass is 285 g/mol. The fraction of sp³-hybridized carbons (Fsp3) is 0.583. The summed E-state index contributed by atoms with van der Waals surface area (Å²) >= 11 is 1.32. The van der Waals surface area contributed by atoms with Crippen LogP contribution in [0.1, 0.15) is 42.2 Å². The highest BCUT2D eigenvalue weighted by atomic mass is 32.1. The lowest BCUT2D eigenvalue weighted by molar-refractivity contribution is -0.149. The van der Waals surface area contributed by atoms with Crippen LogP contribution in [0.4, 0.5) is 0 Å². The molecule has 0 unspecified atom stereocenters. The van der Waals surface area contributed by atoms with Crippen molar-refractivity contribution in [1.82, 2.24) is 10.3 Å². The van der Waals surface area contributed by atoms with Gasteiger partial charge in [-0.25, -0.2) is 4.98 Å². The van der Waals surface area contributed by atoms with Gasteiger partial charge in [0.2, 0.25) is 0 Å². The zero-order valence-corrected chi connectivity index (χ0v) is 11.9. The summed E-state index contributed by atoms with van der Waals surface area (Å²) < 4.78 is 0. The molecule has 106 valence electrons. The summed E-state index contributed by atoms with van der Waals surface area (Å²) in [6.07, 6.45) is 0.925. The van der Waals surface area contributed by atoms with Gasteiger partial charge < -0.3 is 16.2 Å². The molecular formula is C12H19N3O3S. The van der Waals surface area contributed by atoms with Crippen molar-refractivity contribution in [2.45, 2.75) is 33.2 Å². The fourth-order valence-corrected chi connectivity index (χ4v) is 2.38.